The Bertz CT molecular complexity index is 601. The van der Waals surface area contributed by atoms with Gasteiger partial charge in [0.1, 0.15) is 6.54 Å². The van der Waals surface area contributed by atoms with Crippen LogP contribution in [0.4, 0.5) is 0 Å². The fourth-order valence-electron chi connectivity index (χ4n) is 4.19. The minimum atomic E-state index is -0.0525. The highest BCUT2D eigenvalue weighted by Crippen LogP contribution is 2.49. The number of nitrogens with zero attached hydrogens (tertiary/aromatic N) is 4. The lowest BCUT2D eigenvalue weighted by molar-refractivity contribution is -0.135. The van der Waals surface area contributed by atoms with Gasteiger partial charge in [-0.15, -0.1) is 0 Å². The molecule has 6 heteroatoms. The largest absolute Gasteiger partial charge is 0.349 e. The lowest BCUT2D eigenvalue weighted by Crippen LogP contribution is -2.39. The molecule has 1 unspecified atom stereocenters. The minimum absolute atomic E-state index is 0.00293. The van der Waals surface area contributed by atoms with Crippen molar-refractivity contribution < 1.29 is 9.59 Å². The van der Waals surface area contributed by atoms with Crippen LogP contribution < -0.4 is 0 Å². The third-order valence-electron chi connectivity index (χ3n) is 5.40. The van der Waals surface area contributed by atoms with Crippen molar-refractivity contribution in [1.29, 1.82) is 0 Å². The molecule has 0 bridgehead atoms. The summed E-state index contributed by atoms with van der Waals surface area (Å²) in [6.07, 6.45) is 8.08. The fourth-order valence-corrected chi connectivity index (χ4v) is 4.19. The first-order chi connectivity index (χ1) is 10.9. The molecule has 1 saturated heterocycles. The second-order valence-electron chi connectivity index (χ2n) is 7.34. The predicted molar refractivity (Wildman–Crippen MR) is 86.6 cm³/mol. The molecule has 1 spiro atoms. The number of aryl methyl sites for hydroxylation is 1. The van der Waals surface area contributed by atoms with Gasteiger partial charge >= 0.3 is 0 Å². The van der Waals surface area contributed by atoms with Crippen LogP contribution in [-0.2, 0) is 16.1 Å². The topological polar surface area (TPSA) is 58.4 Å². The summed E-state index contributed by atoms with van der Waals surface area (Å²) in [6, 6.07) is 0. The van der Waals surface area contributed by atoms with Crippen LogP contribution in [0.5, 0.6) is 0 Å². The number of aromatic nitrogens is 2. The number of hydrogen-bond donors (Lipinski definition) is 0. The van der Waals surface area contributed by atoms with Gasteiger partial charge in [-0.1, -0.05) is 12.8 Å². The number of carbonyl (C=O) groups excluding carboxylic acids is 2. The molecule has 0 radical (unpaired) electrons. The Hall–Kier alpha value is -1.85. The van der Waals surface area contributed by atoms with Gasteiger partial charge in [0.05, 0.1) is 12.1 Å². The molecule has 0 N–H and O–H groups in total. The van der Waals surface area contributed by atoms with Gasteiger partial charge in [0.15, 0.2) is 0 Å². The van der Waals surface area contributed by atoms with Crippen LogP contribution in [-0.4, -0.2) is 58.6 Å². The van der Waals surface area contributed by atoms with E-state index in [0.717, 1.165) is 37.8 Å². The Morgan fingerprint density at radius 2 is 2.04 bits per heavy atom. The molecule has 1 atom stereocenters. The summed E-state index contributed by atoms with van der Waals surface area (Å²) in [5, 5.41) is 4.19. The third kappa shape index (κ3) is 2.99. The SMILES string of the molecule is Cc1cnn(CC(=O)N2CC(C(=O)N(C)C)C3(CCCC3)C2)c1. The normalized spacial score (nSPS) is 22.7. The van der Waals surface area contributed by atoms with Gasteiger partial charge in [-0.05, 0) is 25.3 Å². The van der Waals surface area contributed by atoms with Crippen LogP contribution in [0.15, 0.2) is 12.4 Å². The van der Waals surface area contributed by atoms with Crippen molar-refractivity contribution in [3.8, 4) is 0 Å². The van der Waals surface area contributed by atoms with E-state index in [4.69, 9.17) is 0 Å². The van der Waals surface area contributed by atoms with Crippen molar-refractivity contribution in [3.05, 3.63) is 18.0 Å². The van der Waals surface area contributed by atoms with Crippen molar-refractivity contribution in [2.75, 3.05) is 27.2 Å². The number of rotatable bonds is 3. The summed E-state index contributed by atoms with van der Waals surface area (Å²) in [7, 11) is 3.62. The Morgan fingerprint density at radius 1 is 1.35 bits per heavy atom. The van der Waals surface area contributed by atoms with Crippen molar-refractivity contribution in [1.82, 2.24) is 19.6 Å². The standard InChI is InChI=1S/C17H26N4O2/c1-13-8-18-21(9-13)11-15(22)20-10-14(16(23)19(2)3)17(12-20)6-4-5-7-17/h8-9,14H,4-7,10-12H2,1-3H3. The summed E-state index contributed by atoms with van der Waals surface area (Å²) in [5.74, 6) is 0.175. The van der Waals surface area contributed by atoms with Gasteiger partial charge in [0.2, 0.25) is 11.8 Å². The van der Waals surface area contributed by atoms with Crippen LogP contribution in [0, 0.1) is 18.3 Å². The zero-order valence-corrected chi connectivity index (χ0v) is 14.3. The zero-order valence-electron chi connectivity index (χ0n) is 14.3. The number of amides is 2. The summed E-state index contributed by atoms with van der Waals surface area (Å²) in [6.45, 7) is 3.49. The van der Waals surface area contributed by atoms with E-state index in [-0.39, 0.29) is 29.7 Å². The molecular formula is C17H26N4O2. The lowest BCUT2D eigenvalue weighted by atomic mass is 9.76. The first-order valence-electron chi connectivity index (χ1n) is 8.39. The highest BCUT2D eigenvalue weighted by Gasteiger charge is 2.52. The van der Waals surface area contributed by atoms with Crippen molar-refractivity contribution in [2.45, 2.75) is 39.2 Å². The first kappa shape index (κ1) is 16.0. The van der Waals surface area contributed by atoms with Crippen LogP contribution in [0.25, 0.3) is 0 Å². The molecule has 1 aliphatic carbocycles. The lowest BCUT2D eigenvalue weighted by Gasteiger charge is -2.30. The molecule has 1 aromatic rings. The molecule has 2 aliphatic rings. The number of likely N-dealkylation sites (tertiary alicyclic amines) is 1. The molecule has 0 aromatic carbocycles. The highest BCUT2D eigenvalue weighted by molar-refractivity contribution is 5.83. The van der Waals surface area contributed by atoms with E-state index in [0.29, 0.717) is 6.54 Å². The Balaban J connectivity index is 1.74. The van der Waals surface area contributed by atoms with E-state index in [9.17, 15) is 9.59 Å². The quantitative estimate of drug-likeness (QED) is 0.844. The first-order valence-corrected chi connectivity index (χ1v) is 8.39. The van der Waals surface area contributed by atoms with Gasteiger partial charge in [0.25, 0.3) is 0 Å². The van der Waals surface area contributed by atoms with E-state index in [1.165, 1.54) is 0 Å². The summed E-state index contributed by atoms with van der Waals surface area (Å²) in [4.78, 5) is 28.8. The second kappa shape index (κ2) is 5.98. The number of hydrogen-bond acceptors (Lipinski definition) is 3. The monoisotopic (exact) mass is 318 g/mol. The maximum absolute atomic E-state index is 12.6. The molecule has 1 saturated carbocycles. The van der Waals surface area contributed by atoms with Gasteiger partial charge in [-0.2, -0.15) is 5.10 Å². The summed E-state index contributed by atoms with van der Waals surface area (Å²) >= 11 is 0. The Kier molecular flexibility index (Phi) is 4.17. The van der Waals surface area contributed by atoms with E-state index in [1.807, 2.05) is 32.1 Å². The smallest absolute Gasteiger partial charge is 0.244 e. The molecule has 23 heavy (non-hydrogen) atoms. The van der Waals surface area contributed by atoms with E-state index in [2.05, 4.69) is 5.10 Å². The summed E-state index contributed by atoms with van der Waals surface area (Å²) < 4.78 is 1.68. The minimum Gasteiger partial charge on any atom is -0.349 e. The maximum atomic E-state index is 12.6. The molecule has 6 nitrogen and oxygen atoms in total. The highest BCUT2D eigenvalue weighted by atomic mass is 16.2. The predicted octanol–water partition coefficient (Wildman–Crippen LogP) is 1.30. The molecule has 2 heterocycles. The maximum Gasteiger partial charge on any atom is 0.244 e. The van der Waals surface area contributed by atoms with Gasteiger partial charge in [-0.25, -0.2) is 0 Å². The molecule has 2 fully saturated rings. The molecule has 1 aromatic heterocycles. The Morgan fingerprint density at radius 3 is 2.61 bits per heavy atom. The van der Waals surface area contributed by atoms with E-state index in [1.54, 1.807) is 15.8 Å². The van der Waals surface area contributed by atoms with Crippen molar-refractivity contribution >= 4 is 11.8 Å². The molecule has 3 rings (SSSR count). The van der Waals surface area contributed by atoms with Crippen molar-refractivity contribution in [3.63, 3.8) is 0 Å². The van der Waals surface area contributed by atoms with Gasteiger partial charge < -0.3 is 9.80 Å². The average molecular weight is 318 g/mol. The molecular weight excluding hydrogens is 292 g/mol. The molecule has 2 amide bonds. The zero-order chi connectivity index (χ0) is 16.6. The third-order valence-corrected chi connectivity index (χ3v) is 5.40. The van der Waals surface area contributed by atoms with Crippen LogP contribution in [0.2, 0.25) is 0 Å². The van der Waals surface area contributed by atoms with Crippen LogP contribution in [0.1, 0.15) is 31.2 Å². The van der Waals surface area contributed by atoms with Crippen LogP contribution >= 0.6 is 0 Å². The fraction of sp³-hybridized carbons (Fsp3) is 0.706. The van der Waals surface area contributed by atoms with E-state index < -0.39 is 0 Å². The molecule has 126 valence electrons. The molecule has 1 aliphatic heterocycles. The van der Waals surface area contributed by atoms with Crippen molar-refractivity contribution in [2.24, 2.45) is 11.3 Å². The Labute approximate surface area is 137 Å². The van der Waals surface area contributed by atoms with E-state index >= 15 is 0 Å². The summed E-state index contributed by atoms with van der Waals surface area (Å²) in [5.41, 5.74) is 1.05. The number of carbonyl (C=O) groups is 2. The average Bonchev–Trinajstić information content (AvgIpc) is 3.21. The van der Waals surface area contributed by atoms with Crippen LogP contribution in [0.3, 0.4) is 0 Å². The van der Waals surface area contributed by atoms with Gasteiger partial charge in [0, 0.05) is 38.8 Å². The van der Waals surface area contributed by atoms with Gasteiger partial charge in [-0.3, -0.25) is 14.3 Å². The second-order valence-corrected chi connectivity index (χ2v) is 7.34.